The van der Waals surface area contributed by atoms with E-state index >= 15 is 0 Å². The second-order valence-electron chi connectivity index (χ2n) is 7.37. The van der Waals surface area contributed by atoms with Crippen LogP contribution in [0.3, 0.4) is 0 Å². The third-order valence-corrected chi connectivity index (χ3v) is 5.53. The molecule has 2 heterocycles. The number of benzene rings is 1. The maximum absolute atomic E-state index is 12.7. The molecule has 25 heavy (non-hydrogen) atoms. The zero-order chi connectivity index (χ0) is 17.2. The van der Waals surface area contributed by atoms with E-state index in [0.29, 0.717) is 6.54 Å². The number of para-hydroxylation sites is 1. The van der Waals surface area contributed by atoms with Crippen molar-refractivity contribution >= 4 is 16.8 Å². The Morgan fingerprint density at radius 2 is 2.20 bits per heavy atom. The highest BCUT2D eigenvalue weighted by molar-refractivity contribution is 6.06. The lowest BCUT2D eigenvalue weighted by molar-refractivity contribution is 0.0383. The van der Waals surface area contributed by atoms with Crippen molar-refractivity contribution in [2.75, 3.05) is 39.4 Å². The van der Waals surface area contributed by atoms with Crippen molar-refractivity contribution in [3.05, 3.63) is 35.0 Å². The maximum Gasteiger partial charge on any atom is 0.253 e. The van der Waals surface area contributed by atoms with Gasteiger partial charge in [0.25, 0.3) is 5.91 Å². The highest BCUT2D eigenvalue weighted by Gasteiger charge is 2.22. The Hall–Kier alpha value is -1.85. The predicted octanol–water partition coefficient (Wildman–Crippen LogP) is 2.35. The highest BCUT2D eigenvalue weighted by atomic mass is 16.5. The molecule has 5 nitrogen and oxygen atoms in total. The van der Waals surface area contributed by atoms with Crippen LogP contribution in [0.4, 0.5) is 0 Å². The number of amides is 1. The number of aromatic nitrogens is 1. The number of ether oxygens (including phenoxy) is 1. The number of fused-ring (bicyclic) bond motifs is 3. The summed E-state index contributed by atoms with van der Waals surface area (Å²) >= 11 is 0. The number of carbonyl (C=O) groups is 1. The van der Waals surface area contributed by atoms with Crippen molar-refractivity contribution in [3.63, 3.8) is 0 Å². The molecule has 2 aromatic rings. The molecule has 134 valence electrons. The van der Waals surface area contributed by atoms with Crippen molar-refractivity contribution in [2.45, 2.75) is 26.2 Å². The Balaban J connectivity index is 1.48. The van der Waals surface area contributed by atoms with Gasteiger partial charge in [-0.25, -0.2) is 0 Å². The number of hydrogen-bond donors (Lipinski definition) is 2. The maximum atomic E-state index is 12.7. The quantitative estimate of drug-likeness (QED) is 0.897. The normalized spacial score (nSPS) is 21.2. The van der Waals surface area contributed by atoms with Crippen LogP contribution in [0.1, 0.15) is 35.0 Å². The molecule has 0 saturated carbocycles. The van der Waals surface area contributed by atoms with Crippen molar-refractivity contribution in [3.8, 4) is 0 Å². The van der Waals surface area contributed by atoms with Crippen LogP contribution < -0.4 is 5.32 Å². The summed E-state index contributed by atoms with van der Waals surface area (Å²) in [5.41, 5.74) is 4.50. The lowest BCUT2D eigenvalue weighted by Crippen LogP contribution is -2.41. The van der Waals surface area contributed by atoms with Gasteiger partial charge in [-0.2, -0.15) is 0 Å². The van der Waals surface area contributed by atoms with Gasteiger partial charge in [0.2, 0.25) is 0 Å². The van der Waals surface area contributed by atoms with Crippen LogP contribution in [0.15, 0.2) is 18.2 Å². The number of rotatable bonds is 4. The molecule has 1 saturated heterocycles. The number of morpholine rings is 1. The molecule has 1 amide bonds. The van der Waals surface area contributed by atoms with E-state index in [2.05, 4.69) is 28.2 Å². The Morgan fingerprint density at radius 1 is 1.36 bits per heavy atom. The standard InChI is InChI=1S/C20H27N3O2/c1-14-5-6-18-17(13-14)15-3-2-4-16(19(15)22-18)20(24)21-7-8-23-9-11-25-12-10-23/h2-4,14,22H,5-13H2,1H3,(H,21,24). The summed E-state index contributed by atoms with van der Waals surface area (Å²) in [6.45, 7) is 7.35. The van der Waals surface area contributed by atoms with Crippen molar-refractivity contribution in [2.24, 2.45) is 5.92 Å². The van der Waals surface area contributed by atoms with E-state index in [1.54, 1.807) is 0 Å². The molecule has 1 aliphatic heterocycles. The van der Waals surface area contributed by atoms with Gasteiger partial charge in [0, 0.05) is 37.3 Å². The summed E-state index contributed by atoms with van der Waals surface area (Å²) in [5.74, 6) is 0.739. The first-order valence-corrected chi connectivity index (χ1v) is 9.43. The van der Waals surface area contributed by atoms with Gasteiger partial charge in [-0.3, -0.25) is 9.69 Å². The van der Waals surface area contributed by atoms with Crippen LogP contribution in [-0.2, 0) is 17.6 Å². The number of carbonyl (C=O) groups excluding carboxylic acids is 1. The molecule has 1 aromatic carbocycles. The minimum atomic E-state index is 0.0190. The molecule has 0 spiro atoms. The molecule has 0 radical (unpaired) electrons. The minimum Gasteiger partial charge on any atom is -0.379 e. The van der Waals surface area contributed by atoms with E-state index in [4.69, 9.17) is 4.74 Å². The lowest BCUT2D eigenvalue weighted by atomic mass is 9.87. The molecule has 1 fully saturated rings. The van der Waals surface area contributed by atoms with Crippen molar-refractivity contribution < 1.29 is 9.53 Å². The predicted molar refractivity (Wildman–Crippen MR) is 99.1 cm³/mol. The van der Waals surface area contributed by atoms with E-state index in [0.717, 1.165) is 62.7 Å². The van der Waals surface area contributed by atoms with Crippen molar-refractivity contribution in [1.29, 1.82) is 0 Å². The molecular weight excluding hydrogens is 314 g/mol. The molecule has 1 aromatic heterocycles. The van der Waals surface area contributed by atoms with Gasteiger partial charge < -0.3 is 15.0 Å². The van der Waals surface area contributed by atoms with E-state index < -0.39 is 0 Å². The van der Waals surface area contributed by atoms with Crippen LogP contribution in [-0.4, -0.2) is 55.2 Å². The average Bonchev–Trinajstić information content (AvgIpc) is 3.00. The first kappa shape index (κ1) is 16.6. The SMILES string of the molecule is CC1CCc2[nH]c3c(C(=O)NCCN4CCOCC4)cccc3c2C1. The monoisotopic (exact) mass is 341 g/mol. The third-order valence-electron chi connectivity index (χ3n) is 5.53. The molecule has 1 aliphatic carbocycles. The summed E-state index contributed by atoms with van der Waals surface area (Å²) < 4.78 is 5.36. The smallest absolute Gasteiger partial charge is 0.253 e. The van der Waals surface area contributed by atoms with E-state index in [-0.39, 0.29) is 5.91 Å². The molecule has 2 N–H and O–H groups in total. The molecule has 0 bridgehead atoms. The van der Waals surface area contributed by atoms with Crippen LogP contribution >= 0.6 is 0 Å². The van der Waals surface area contributed by atoms with Crippen LogP contribution in [0.25, 0.3) is 10.9 Å². The Bertz CT molecular complexity index is 762. The zero-order valence-electron chi connectivity index (χ0n) is 14.9. The molecule has 4 rings (SSSR count). The molecule has 5 heteroatoms. The van der Waals surface area contributed by atoms with Crippen LogP contribution in [0.5, 0.6) is 0 Å². The van der Waals surface area contributed by atoms with E-state index in [9.17, 15) is 4.79 Å². The van der Waals surface area contributed by atoms with Gasteiger partial charge >= 0.3 is 0 Å². The van der Waals surface area contributed by atoms with E-state index in [1.807, 2.05) is 12.1 Å². The van der Waals surface area contributed by atoms with Crippen LogP contribution in [0.2, 0.25) is 0 Å². The molecule has 1 unspecified atom stereocenters. The number of hydrogen-bond acceptors (Lipinski definition) is 3. The van der Waals surface area contributed by atoms with E-state index in [1.165, 1.54) is 23.1 Å². The number of nitrogens with zero attached hydrogens (tertiary/aromatic N) is 1. The first-order valence-electron chi connectivity index (χ1n) is 9.43. The summed E-state index contributed by atoms with van der Waals surface area (Å²) in [7, 11) is 0. The van der Waals surface area contributed by atoms with Crippen molar-refractivity contribution in [1.82, 2.24) is 15.2 Å². The molecule has 1 atom stereocenters. The van der Waals surface area contributed by atoms with Gasteiger partial charge in [0.1, 0.15) is 0 Å². The fourth-order valence-electron chi connectivity index (χ4n) is 4.05. The summed E-state index contributed by atoms with van der Waals surface area (Å²) in [6, 6.07) is 6.08. The van der Waals surface area contributed by atoms with Gasteiger partial charge in [-0.05, 0) is 36.8 Å². The summed E-state index contributed by atoms with van der Waals surface area (Å²) in [4.78, 5) is 18.6. The minimum absolute atomic E-state index is 0.0190. The summed E-state index contributed by atoms with van der Waals surface area (Å²) in [6.07, 6.45) is 3.42. The summed E-state index contributed by atoms with van der Waals surface area (Å²) in [5, 5.41) is 4.31. The second-order valence-corrected chi connectivity index (χ2v) is 7.37. The Labute approximate surface area is 148 Å². The Kier molecular flexibility index (Phi) is 4.77. The largest absolute Gasteiger partial charge is 0.379 e. The Morgan fingerprint density at radius 3 is 3.04 bits per heavy atom. The number of H-pyrrole nitrogens is 1. The highest BCUT2D eigenvalue weighted by Crippen LogP contribution is 2.32. The second kappa shape index (κ2) is 7.18. The van der Waals surface area contributed by atoms with Gasteiger partial charge in [-0.15, -0.1) is 0 Å². The number of nitrogens with one attached hydrogen (secondary N) is 2. The first-order chi connectivity index (χ1) is 12.2. The molecular formula is C20H27N3O2. The van der Waals surface area contributed by atoms with Gasteiger partial charge in [-0.1, -0.05) is 19.1 Å². The zero-order valence-corrected chi connectivity index (χ0v) is 14.9. The molecule has 2 aliphatic rings. The average molecular weight is 341 g/mol. The lowest BCUT2D eigenvalue weighted by Gasteiger charge is -2.26. The fraction of sp³-hybridized carbons (Fsp3) is 0.550. The van der Waals surface area contributed by atoms with Gasteiger partial charge in [0.15, 0.2) is 0 Å². The third kappa shape index (κ3) is 3.44. The van der Waals surface area contributed by atoms with Gasteiger partial charge in [0.05, 0.1) is 24.3 Å². The fourth-order valence-corrected chi connectivity index (χ4v) is 4.05. The number of aromatic amines is 1. The van der Waals surface area contributed by atoms with Crippen LogP contribution in [0, 0.1) is 5.92 Å². The number of aryl methyl sites for hydroxylation is 1. The topological polar surface area (TPSA) is 57.4 Å².